The molecule has 5 heteroatoms. The molecule has 2 nitrogen and oxygen atoms in total. The number of nitrogens with one attached hydrogen (secondary N) is 1. The molecule has 21 heavy (non-hydrogen) atoms. The van der Waals surface area contributed by atoms with E-state index in [-0.39, 0.29) is 6.10 Å². The second-order valence-electron chi connectivity index (χ2n) is 5.07. The highest BCUT2D eigenvalue weighted by molar-refractivity contribution is 6.31. The van der Waals surface area contributed by atoms with E-state index in [0.717, 1.165) is 24.1 Å². The van der Waals surface area contributed by atoms with Gasteiger partial charge in [-0.15, -0.1) is 0 Å². The van der Waals surface area contributed by atoms with Gasteiger partial charge in [0.2, 0.25) is 0 Å². The van der Waals surface area contributed by atoms with E-state index in [2.05, 4.69) is 5.32 Å². The van der Waals surface area contributed by atoms with E-state index in [4.69, 9.17) is 16.3 Å². The van der Waals surface area contributed by atoms with Gasteiger partial charge >= 0.3 is 0 Å². The maximum atomic E-state index is 13.5. The zero-order chi connectivity index (χ0) is 15.0. The third-order valence-electron chi connectivity index (χ3n) is 3.53. The van der Waals surface area contributed by atoms with Crippen LogP contribution in [-0.4, -0.2) is 19.7 Å². The SMILES string of the molecule is CNCC1Cc2cc(Cl)cc(-c3ccc(F)c(F)c3)c2O1. The summed E-state index contributed by atoms with van der Waals surface area (Å²) in [5.41, 5.74) is 2.23. The molecular formula is C16H14ClF2NO. The minimum absolute atomic E-state index is 0.0208. The second kappa shape index (κ2) is 5.62. The van der Waals surface area contributed by atoms with Gasteiger partial charge in [-0.2, -0.15) is 0 Å². The van der Waals surface area contributed by atoms with Gasteiger partial charge in [0.1, 0.15) is 11.9 Å². The van der Waals surface area contributed by atoms with E-state index in [1.807, 2.05) is 13.1 Å². The predicted molar refractivity (Wildman–Crippen MR) is 78.9 cm³/mol. The molecular weight excluding hydrogens is 296 g/mol. The number of likely N-dealkylation sites (N-methyl/N-ethyl adjacent to an activating group) is 1. The molecule has 0 bridgehead atoms. The van der Waals surface area contributed by atoms with Crippen LogP contribution in [0.1, 0.15) is 5.56 Å². The maximum Gasteiger partial charge on any atom is 0.159 e. The van der Waals surface area contributed by atoms with Crippen LogP contribution in [-0.2, 0) is 6.42 Å². The summed E-state index contributed by atoms with van der Waals surface area (Å²) in [6.45, 7) is 0.712. The molecule has 0 radical (unpaired) electrons. The normalized spacial score (nSPS) is 16.7. The van der Waals surface area contributed by atoms with Crippen molar-refractivity contribution >= 4 is 11.6 Å². The first-order chi connectivity index (χ1) is 10.1. The minimum atomic E-state index is -0.883. The minimum Gasteiger partial charge on any atom is -0.488 e. The van der Waals surface area contributed by atoms with Crippen LogP contribution < -0.4 is 10.1 Å². The quantitative estimate of drug-likeness (QED) is 0.931. The van der Waals surface area contributed by atoms with Crippen molar-refractivity contribution in [3.05, 3.63) is 52.6 Å². The highest BCUT2D eigenvalue weighted by Gasteiger charge is 2.26. The van der Waals surface area contributed by atoms with Gasteiger partial charge in [0.15, 0.2) is 11.6 Å². The third-order valence-corrected chi connectivity index (χ3v) is 3.74. The van der Waals surface area contributed by atoms with Crippen LogP contribution in [0.15, 0.2) is 30.3 Å². The highest BCUT2D eigenvalue weighted by atomic mass is 35.5. The standard InChI is InChI=1S/C16H14ClF2NO/c1-20-8-12-5-10-4-11(17)7-13(16(10)21-12)9-2-3-14(18)15(19)6-9/h2-4,6-7,12,20H,5,8H2,1H3. The molecule has 1 unspecified atom stereocenters. The number of fused-ring (bicyclic) bond motifs is 1. The monoisotopic (exact) mass is 309 g/mol. The Morgan fingerprint density at radius 2 is 2.05 bits per heavy atom. The van der Waals surface area contributed by atoms with E-state index in [9.17, 15) is 8.78 Å². The molecule has 1 aliphatic rings. The van der Waals surface area contributed by atoms with Crippen molar-refractivity contribution < 1.29 is 13.5 Å². The van der Waals surface area contributed by atoms with Crippen LogP contribution in [0.2, 0.25) is 5.02 Å². The average Bonchev–Trinajstić information content (AvgIpc) is 2.83. The number of ether oxygens (including phenoxy) is 1. The lowest BCUT2D eigenvalue weighted by molar-refractivity contribution is 0.232. The van der Waals surface area contributed by atoms with E-state index in [1.165, 1.54) is 6.07 Å². The number of hydrogen-bond acceptors (Lipinski definition) is 2. The lowest BCUT2D eigenvalue weighted by Crippen LogP contribution is -2.27. The summed E-state index contributed by atoms with van der Waals surface area (Å²) < 4.78 is 32.5. The van der Waals surface area contributed by atoms with Crippen LogP contribution in [0.5, 0.6) is 5.75 Å². The first-order valence-corrected chi connectivity index (χ1v) is 7.05. The highest BCUT2D eigenvalue weighted by Crippen LogP contribution is 2.41. The smallest absolute Gasteiger partial charge is 0.159 e. The molecule has 0 saturated heterocycles. The van der Waals surface area contributed by atoms with Crippen LogP contribution in [0.4, 0.5) is 8.78 Å². The Kier molecular flexibility index (Phi) is 3.83. The van der Waals surface area contributed by atoms with Crippen molar-refractivity contribution in [3.63, 3.8) is 0 Å². The molecule has 1 N–H and O–H groups in total. The molecule has 1 atom stereocenters. The zero-order valence-corrected chi connectivity index (χ0v) is 12.2. The Morgan fingerprint density at radius 3 is 2.76 bits per heavy atom. The van der Waals surface area contributed by atoms with E-state index >= 15 is 0 Å². The van der Waals surface area contributed by atoms with Gasteiger partial charge in [-0.1, -0.05) is 17.7 Å². The summed E-state index contributed by atoms with van der Waals surface area (Å²) in [7, 11) is 1.86. The third kappa shape index (κ3) is 2.74. The van der Waals surface area contributed by atoms with Crippen molar-refractivity contribution in [3.8, 4) is 16.9 Å². The molecule has 3 rings (SSSR count). The van der Waals surface area contributed by atoms with Gasteiger partial charge in [-0.3, -0.25) is 0 Å². The Morgan fingerprint density at radius 1 is 1.24 bits per heavy atom. The van der Waals surface area contributed by atoms with Crippen molar-refractivity contribution in [1.82, 2.24) is 5.32 Å². The number of hydrogen-bond donors (Lipinski definition) is 1. The Bertz CT molecular complexity index is 690. The molecule has 0 saturated carbocycles. The summed E-state index contributed by atoms with van der Waals surface area (Å²) in [6, 6.07) is 7.37. The fraction of sp³-hybridized carbons (Fsp3) is 0.250. The van der Waals surface area contributed by atoms with Crippen LogP contribution >= 0.6 is 11.6 Å². The molecule has 0 fully saturated rings. The summed E-state index contributed by atoms with van der Waals surface area (Å²) in [5.74, 6) is -1.05. The average molecular weight is 310 g/mol. The number of rotatable bonds is 3. The number of halogens is 3. The Balaban J connectivity index is 2.06. The molecule has 1 heterocycles. The van der Waals surface area contributed by atoms with Crippen LogP contribution in [0.3, 0.4) is 0 Å². The Labute approximate surface area is 126 Å². The van der Waals surface area contributed by atoms with Gasteiger partial charge in [-0.25, -0.2) is 8.78 Å². The van der Waals surface area contributed by atoms with Crippen molar-refractivity contribution in [2.75, 3.05) is 13.6 Å². The molecule has 2 aromatic carbocycles. The van der Waals surface area contributed by atoms with Gasteiger partial charge in [0, 0.05) is 23.6 Å². The topological polar surface area (TPSA) is 21.3 Å². The molecule has 0 aromatic heterocycles. The summed E-state index contributed by atoms with van der Waals surface area (Å²) in [6.07, 6.45) is 0.764. The Hall–Kier alpha value is -1.65. The summed E-state index contributed by atoms with van der Waals surface area (Å²) in [5, 5.41) is 3.62. The first-order valence-electron chi connectivity index (χ1n) is 6.67. The molecule has 1 aliphatic heterocycles. The first kappa shape index (κ1) is 14.3. The largest absolute Gasteiger partial charge is 0.488 e. The molecule has 2 aromatic rings. The van der Waals surface area contributed by atoms with E-state index in [0.29, 0.717) is 28.4 Å². The van der Waals surface area contributed by atoms with Crippen molar-refractivity contribution in [2.24, 2.45) is 0 Å². The van der Waals surface area contributed by atoms with Gasteiger partial charge in [0.25, 0.3) is 0 Å². The molecule has 110 valence electrons. The molecule has 0 aliphatic carbocycles. The van der Waals surface area contributed by atoms with E-state index < -0.39 is 11.6 Å². The van der Waals surface area contributed by atoms with Crippen molar-refractivity contribution in [1.29, 1.82) is 0 Å². The van der Waals surface area contributed by atoms with Gasteiger partial charge in [0.05, 0.1) is 0 Å². The van der Waals surface area contributed by atoms with Crippen LogP contribution in [0, 0.1) is 11.6 Å². The van der Waals surface area contributed by atoms with Gasteiger partial charge in [-0.05, 0) is 42.4 Å². The van der Waals surface area contributed by atoms with E-state index in [1.54, 1.807) is 6.07 Å². The maximum absolute atomic E-state index is 13.5. The fourth-order valence-corrected chi connectivity index (χ4v) is 2.85. The molecule has 0 amide bonds. The lowest BCUT2D eigenvalue weighted by atomic mass is 10.0. The summed E-state index contributed by atoms with van der Waals surface area (Å²) in [4.78, 5) is 0. The van der Waals surface area contributed by atoms with Crippen molar-refractivity contribution in [2.45, 2.75) is 12.5 Å². The lowest BCUT2D eigenvalue weighted by Gasteiger charge is -2.12. The van der Waals surface area contributed by atoms with Gasteiger partial charge < -0.3 is 10.1 Å². The van der Waals surface area contributed by atoms with Crippen LogP contribution in [0.25, 0.3) is 11.1 Å². The zero-order valence-electron chi connectivity index (χ0n) is 11.4. The summed E-state index contributed by atoms with van der Waals surface area (Å²) >= 11 is 6.14. The number of benzene rings is 2. The second-order valence-corrected chi connectivity index (χ2v) is 5.51. The fourth-order valence-electron chi connectivity index (χ4n) is 2.61. The molecule has 0 spiro atoms. The predicted octanol–water partition coefficient (Wildman–Crippen LogP) is 3.81.